The Hall–Kier alpha value is -0.310. The molecule has 0 N–H and O–H groups in total. The van der Waals surface area contributed by atoms with E-state index in [1.807, 2.05) is 0 Å². The van der Waals surface area contributed by atoms with Gasteiger partial charge in [0.15, 0.2) is 0 Å². The van der Waals surface area contributed by atoms with E-state index in [1.165, 1.54) is 11.1 Å². The molecule has 0 saturated heterocycles. The monoisotopic (exact) mass is 163 g/mol. The van der Waals surface area contributed by atoms with E-state index in [1.54, 1.807) is 0 Å². The third-order valence-corrected chi connectivity index (χ3v) is 0.747. The van der Waals surface area contributed by atoms with Gasteiger partial charge in [-0.3, -0.25) is 0 Å². The second-order valence-corrected chi connectivity index (χ2v) is 1.47. The first-order valence-corrected chi connectivity index (χ1v) is 2.64. The molecule has 0 atom stereocenters. The topological polar surface area (TPSA) is 37.0 Å². The summed E-state index contributed by atoms with van der Waals surface area (Å²) in [6, 6.07) is 0. The molecule has 0 aromatic carbocycles. The summed E-state index contributed by atoms with van der Waals surface area (Å²) in [4.78, 5) is 11.1. The van der Waals surface area contributed by atoms with Crippen LogP contribution in [0.5, 0.6) is 0 Å². The van der Waals surface area contributed by atoms with E-state index in [-0.39, 0.29) is 6.42 Å². The van der Waals surface area contributed by atoms with E-state index in [9.17, 15) is 9.90 Å². The summed E-state index contributed by atoms with van der Waals surface area (Å²) in [5.74, 6) is -1.06. The van der Waals surface area contributed by atoms with E-state index < -0.39 is 5.97 Å². The predicted molar refractivity (Wildman–Crippen MR) is 28.4 cm³/mol. The average Bonchev–Trinajstić information content (AvgIpc) is 1.61. The summed E-state index contributed by atoms with van der Waals surface area (Å²) < 4.78 is 0. The molecular weight excluding hydrogens is 160 g/mol. The van der Waals surface area contributed by atoms with E-state index in [2.05, 4.69) is 15.9 Å². The average molecular weight is 164 g/mol. The lowest BCUT2D eigenvalue weighted by Crippen LogP contribution is -1.85. The summed E-state index contributed by atoms with van der Waals surface area (Å²) in [6.45, 7) is 0. The lowest BCUT2D eigenvalue weighted by molar-refractivity contribution is -0.142. The first-order chi connectivity index (χ1) is 3.27. The number of halogens is 1. The number of carbonyl (C=O) groups excluding carboxylic acids is 1. The SMILES string of the molecule is [O]C(=O)CC=CBr. The Morgan fingerprint density at radius 2 is 2.29 bits per heavy atom. The van der Waals surface area contributed by atoms with E-state index in [0.29, 0.717) is 0 Å². The molecule has 0 aromatic heterocycles. The van der Waals surface area contributed by atoms with Gasteiger partial charge in [-0.1, -0.05) is 22.0 Å². The molecule has 3 heteroatoms. The summed E-state index contributed by atoms with van der Waals surface area (Å²) >= 11 is 2.91. The maximum atomic E-state index is 9.57. The summed E-state index contributed by atoms with van der Waals surface area (Å²) in [5.41, 5.74) is 0. The maximum Gasteiger partial charge on any atom is 0.359 e. The Morgan fingerprint density at radius 3 is 2.43 bits per heavy atom. The molecule has 0 aliphatic rings. The molecule has 0 saturated carbocycles. The number of hydrogen-bond acceptors (Lipinski definition) is 1. The van der Waals surface area contributed by atoms with Crippen molar-refractivity contribution in [3.05, 3.63) is 11.1 Å². The highest BCUT2D eigenvalue weighted by molar-refractivity contribution is 9.11. The first-order valence-electron chi connectivity index (χ1n) is 1.72. The van der Waals surface area contributed by atoms with Gasteiger partial charge in [-0.05, 0) is 4.99 Å². The number of carbonyl (C=O) groups is 1. The molecule has 39 valence electrons. The third kappa shape index (κ3) is 5.69. The van der Waals surface area contributed by atoms with Gasteiger partial charge in [0, 0.05) is 0 Å². The van der Waals surface area contributed by atoms with Gasteiger partial charge in [0.1, 0.15) is 0 Å². The van der Waals surface area contributed by atoms with Gasteiger partial charge in [-0.25, -0.2) is 9.90 Å². The van der Waals surface area contributed by atoms with Gasteiger partial charge in [-0.2, -0.15) is 0 Å². The van der Waals surface area contributed by atoms with Crippen LogP contribution in [-0.2, 0) is 9.90 Å². The minimum absolute atomic E-state index is 0.0226. The quantitative estimate of drug-likeness (QED) is 0.604. The largest absolute Gasteiger partial charge is 0.359 e. The Balaban J connectivity index is 3.14. The molecule has 0 aliphatic carbocycles. The maximum absolute atomic E-state index is 9.57. The van der Waals surface area contributed by atoms with Gasteiger partial charge in [0.05, 0.1) is 6.42 Å². The molecule has 0 unspecified atom stereocenters. The Bertz CT molecular complexity index is 87.7. The van der Waals surface area contributed by atoms with Crippen LogP contribution in [0.15, 0.2) is 11.1 Å². The van der Waals surface area contributed by atoms with Gasteiger partial charge >= 0.3 is 5.97 Å². The molecule has 0 heterocycles. The van der Waals surface area contributed by atoms with Crippen molar-refractivity contribution < 1.29 is 9.90 Å². The number of rotatable bonds is 2. The van der Waals surface area contributed by atoms with Crippen LogP contribution in [0.2, 0.25) is 0 Å². The number of hydrogen-bond donors (Lipinski definition) is 0. The van der Waals surface area contributed by atoms with E-state index in [4.69, 9.17) is 0 Å². The highest BCUT2D eigenvalue weighted by atomic mass is 79.9. The Labute approximate surface area is 50.0 Å². The summed E-state index contributed by atoms with van der Waals surface area (Å²) in [7, 11) is 0. The van der Waals surface area contributed by atoms with E-state index >= 15 is 0 Å². The molecule has 0 bridgehead atoms. The smallest absolute Gasteiger partial charge is 0.247 e. The summed E-state index contributed by atoms with van der Waals surface area (Å²) in [5, 5.41) is 9.57. The predicted octanol–water partition coefficient (Wildman–Crippen LogP) is 1.24. The zero-order valence-electron chi connectivity index (χ0n) is 3.56. The van der Waals surface area contributed by atoms with Crippen LogP contribution in [0.25, 0.3) is 0 Å². The van der Waals surface area contributed by atoms with Gasteiger partial charge in [-0.15, -0.1) is 0 Å². The Morgan fingerprint density at radius 1 is 1.71 bits per heavy atom. The molecule has 0 aliphatic heterocycles. The minimum Gasteiger partial charge on any atom is -0.247 e. The fourth-order valence-electron chi connectivity index (χ4n) is 0.141. The van der Waals surface area contributed by atoms with Crippen LogP contribution >= 0.6 is 15.9 Å². The van der Waals surface area contributed by atoms with Gasteiger partial charge in [0.2, 0.25) is 0 Å². The molecule has 0 spiro atoms. The molecule has 7 heavy (non-hydrogen) atoms. The van der Waals surface area contributed by atoms with Crippen molar-refractivity contribution in [2.24, 2.45) is 0 Å². The molecule has 2 nitrogen and oxygen atoms in total. The second-order valence-electron chi connectivity index (χ2n) is 0.938. The van der Waals surface area contributed by atoms with Crippen molar-refractivity contribution in [2.45, 2.75) is 6.42 Å². The molecular formula is C4H4BrO2. The van der Waals surface area contributed by atoms with Crippen molar-refractivity contribution in [2.75, 3.05) is 0 Å². The zero-order valence-corrected chi connectivity index (χ0v) is 5.14. The summed E-state index contributed by atoms with van der Waals surface area (Å²) in [6.07, 6.45) is 1.43. The Kier molecular flexibility index (Phi) is 3.69. The minimum atomic E-state index is -1.06. The van der Waals surface area contributed by atoms with Crippen molar-refractivity contribution in [1.29, 1.82) is 0 Å². The molecule has 0 fully saturated rings. The zero-order chi connectivity index (χ0) is 5.70. The fraction of sp³-hybridized carbons (Fsp3) is 0.250. The van der Waals surface area contributed by atoms with Crippen molar-refractivity contribution in [3.63, 3.8) is 0 Å². The normalized spacial score (nSPS) is 9.86. The first kappa shape index (κ1) is 6.69. The van der Waals surface area contributed by atoms with Crippen molar-refractivity contribution >= 4 is 21.9 Å². The highest BCUT2D eigenvalue weighted by Crippen LogP contribution is 1.86. The second kappa shape index (κ2) is 3.87. The molecule has 0 rings (SSSR count). The lowest BCUT2D eigenvalue weighted by Gasteiger charge is -1.72. The van der Waals surface area contributed by atoms with Crippen molar-refractivity contribution in [1.82, 2.24) is 0 Å². The van der Waals surface area contributed by atoms with E-state index in [0.717, 1.165) is 0 Å². The molecule has 0 amide bonds. The van der Waals surface area contributed by atoms with Crippen LogP contribution in [0.4, 0.5) is 0 Å². The van der Waals surface area contributed by atoms with Crippen LogP contribution in [-0.4, -0.2) is 5.97 Å². The van der Waals surface area contributed by atoms with Crippen molar-refractivity contribution in [3.8, 4) is 0 Å². The standard InChI is InChI=1S/C4H4BrO2/c5-3-1-2-4(6)7/h1,3H,2H2. The lowest BCUT2D eigenvalue weighted by atomic mass is 10.4. The van der Waals surface area contributed by atoms with Crippen LogP contribution in [0.3, 0.4) is 0 Å². The van der Waals surface area contributed by atoms with Crippen LogP contribution in [0.1, 0.15) is 6.42 Å². The molecule has 0 aromatic rings. The van der Waals surface area contributed by atoms with Crippen LogP contribution in [0, 0.1) is 0 Å². The molecule has 1 radical (unpaired) electrons. The van der Waals surface area contributed by atoms with Gasteiger partial charge in [0.25, 0.3) is 0 Å². The van der Waals surface area contributed by atoms with Crippen LogP contribution < -0.4 is 0 Å². The third-order valence-electron chi connectivity index (χ3n) is 0.374. The fourth-order valence-corrected chi connectivity index (χ4v) is 0.328. The van der Waals surface area contributed by atoms with Gasteiger partial charge < -0.3 is 0 Å². The highest BCUT2D eigenvalue weighted by Gasteiger charge is 1.90.